The van der Waals surface area contributed by atoms with Gasteiger partial charge < -0.3 is 15.0 Å². The summed E-state index contributed by atoms with van der Waals surface area (Å²) >= 11 is 0. The summed E-state index contributed by atoms with van der Waals surface area (Å²) in [6.45, 7) is 6.85. The van der Waals surface area contributed by atoms with E-state index in [0.717, 1.165) is 19.3 Å². The zero-order valence-electron chi connectivity index (χ0n) is 14.2. The van der Waals surface area contributed by atoms with Crippen LogP contribution in [-0.2, 0) is 14.3 Å². The van der Waals surface area contributed by atoms with Crippen LogP contribution < -0.4 is 10.6 Å². The molecule has 2 rings (SSSR count). The van der Waals surface area contributed by atoms with Gasteiger partial charge in [0.1, 0.15) is 5.60 Å². The maximum absolute atomic E-state index is 12.1. The molecule has 0 aromatic carbocycles. The number of nitrogens with one attached hydrogen (secondary N) is 2. The van der Waals surface area contributed by atoms with Gasteiger partial charge in [-0.15, -0.1) is 0 Å². The summed E-state index contributed by atoms with van der Waals surface area (Å²) in [6.07, 6.45) is 3.18. The number of imide groups is 1. The summed E-state index contributed by atoms with van der Waals surface area (Å²) in [5, 5.41) is 5.70. The van der Waals surface area contributed by atoms with Crippen LogP contribution in [-0.4, -0.2) is 53.6 Å². The Morgan fingerprint density at radius 3 is 2.61 bits per heavy atom. The van der Waals surface area contributed by atoms with E-state index in [2.05, 4.69) is 10.6 Å². The summed E-state index contributed by atoms with van der Waals surface area (Å²) in [7, 11) is 0. The Labute approximate surface area is 137 Å². The molecule has 130 valence electrons. The first-order valence-electron chi connectivity index (χ1n) is 8.32. The van der Waals surface area contributed by atoms with Crippen molar-refractivity contribution >= 4 is 17.9 Å². The van der Waals surface area contributed by atoms with Crippen LogP contribution in [0, 0.1) is 0 Å². The van der Waals surface area contributed by atoms with Crippen LogP contribution in [0.2, 0.25) is 0 Å². The number of amides is 3. The molecule has 2 heterocycles. The molecule has 2 unspecified atom stereocenters. The van der Waals surface area contributed by atoms with Gasteiger partial charge in [-0.05, 0) is 46.5 Å². The van der Waals surface area contributed by atoms with E-state index >= 15 is 0 Å². The lowest BCUT2D eigenvalue weighted by atomic mass is 10.0. The van der Waals surface area contributed by atoms with Gasteiger partial charge in [0.05, 0.1) is 6.04 Å². The van der Waals surface area contributed by atoms with E-state index < -0.39 is 5.60 Å². The minimum absolute atomic E-state index is 0.173. The Morgan fingerprint density at radius 2 is 1.96 bits per heavy atom. The normalized spacial score (nSPS) is 26.5. The SMILES string of the molecule is CC(C)(C)OC(=O)N1CCCC(NC2CCC(=O)NC2=O)CC1. The Kier molecular flexibility index (Phi) is 5.62. The van der Waals surface area contributed by atoms with Gasteiger partial charge in [-0.3, -0.25) is 14.9 Å². The lowest BCUT2D eigenvalue weighted by molar-refractivity contribution is -0.134. The van der Waals surface area contributed by atoms with Crippen molar-refractivity contribution in [1.82, 2.24) is 15.5 Å². The van der Waals surface area contributed by atoms with Gasteiger partial charge in [0.15, 0.2) is 0 Å². The molecule has 0 saturated carbocycles. The molecule has 2 saturated heterocycles. The predicted octanol–water partition coefficient (Wildman–Crippen LogP) is 1.17. The topological polar surface area (TPSA) is 87.7 Å². The Morgan fingerprint density at radius 1 is 1.22 bits per heavy atom. The van der Waals surface area contributed by atoms with Gasteiger partial charge in [-0.2, -0.15) is 0 Å². The number of piperidine rings is 1. The van der Waals surface area contributed by atoms with Gasteiger partial charge >= 0.3 is 6.09 Å². The quantitative estimate of drug-likeness (QED) is 0.744. The molecule has 0 spiro atoms. The summed E-state index contributed by atoms with van der Waals surface area (Å²) in [5.41, 5.74) is -0.492. The Bertz CT molecular complexity index is 472. The minimum Gasteiger partial charge on any atom is -0.444 e. The third-order valence-electron chi connectivity index (χ3n) is 4.06. The Hall–Kier alpha value is -1.63. The van der Waals surface area contributed by atoms with E-state index in [1.165, 1.54) is 0 Å². The van der Waals surface area contributed by atoms with Crippen LogP contribution in [0.4, 0.5) is 4.79 Å². The van der Waals surface area contributed by atoms with Crippen LogP contribution >= 0.6 is 0 Å². The molecule has 2 aliphatic rings. The highest BCUT2D eigenvalue weighted by atomic mass is 16.6. The molecule has 7 nitrogen and oxygen atoms in total. The van der Waals surface area contributed by atoms with Crippen molar-refractivity contribution < 1.29 is 19.1 Å². The molecule has 2 atom stereocenters. The minimum atomic E-state index is -0.492. The molecule has 2 N–H and O–H groups in total. The van der Waals surface area contributed by atoms with Crippen LogP contribution in [0.1, 0.15) is 52.9 Å². The molecule has 0 bridgehead atoms. The summed E-state index contributed by atoms with van der Waals surface area (Å²) in [4.78, 5) is 36.9. The number of hydrogen-bond donors (Lipinski definition) is 2. The predicted molar refractivity (Wildman–Crippen MR) is 84.8 cm³/mol. The maximum atomic E-state index is 12.1. The number of likely N-dealkylation sites (tertiary alicyclic amines) is 1. The highest BCUT2D eigenvalue weighted by molar-refractivity contribution is 6.00. The monoisotopic (exact) mass is 325 g/mol. The molecule has 0 radical (unpaired) electrons. The van der Waals surface area contributed by atoms with E-state index in [9.17, 15) is 14.4 Å². The molecular formula is C16H27N3O4. The third kappa shape index (κ3) is 5.49. The number of hydrogen-bond acceptors (Lipinski definition) is 5. The maximum Gasteiger partial charge on any atom is 0.410 e. The van der Waals surface area contributed by atoms with E-state index in [0.29, 0.717) is 25.9 Å². The molecule has 23 heavy (non-hydrogen) atoms. The van der Waals surface area contributed by atoms with Crippen molar-refractivity contribution in [2.45, 2.75) is 70.6 Å². The smallest absolute Gasteiger partial charge is 0.410 e. The summed E-state index contributed by atoms with van der Waals surface area (Å²) in [6, 6.07) is -0.142. The molecule has 3 amide bonds. The summed E-state index contributed by atoms with van der Waals surface area (Å²) < 4.78 is 5.41. The molecule has 0 aromatic rings. The van der Waals surface area contributed by atoms with Gasteiger partial charge in [0.2, 0.25) is 11.8 Å². The number of nitrogens with zero attached hydrogens (tertiary/aromatic N) is 1. The second-order valence-electron chi connectivity index (χ2n) is 7.27. The number of carbonyl (C=O) groups excluding carboxylic acids is 3. The average molecular weight is 325 g/mol. The van der Waals surface area contributed by atoms with Gasteiger partial charge in [0, 0.05) is 25.6 Å². The highest BCUT2D eigenvalue weighted by Gasteiger charge is 2.30. The first kappa shape index (κ1) is 17.7. The van der Waals surface area contributed by atoms with E-state index in [1.807, 2.05) is 20.8 Å². The van der Waals surface area contributed by atoms with Crippen molar-refractivity contribution in [2.24, 2.45) is 0 Å². The molecule has 7 heteroatoms. The lowest BCUT2D eigenvalue weighted by Crippen LogP contribution is -2.53. The van der Waals surface area contributed by atoms with Gasteiger partial charge in [-0.1, -0.05) is 0 Å². The first-order valence-corrected chi connectivity index (χ1v) is 8.32. The van der Waals surface area contributed by atoms with Crippen LogP contribution in [0.25, 0.3) is 0 Å². The molecule has 0 aliphatic carbocycles. The largest absolute Gasteiger partial charge is 0.444 e. The fourth-order valence-corrected chi connectivity index (χ4v) is 2.91. The highest BCUT2D eigenvalue weighted by Crippen LogP contribution is 2.17. The summed E-state index contributed by atoms with van der Waals surface area (Å²) in [5.74, 6) is -0.445. The van der Waals surface area contributed by atoms with Crippen molar-refractivity contribution in [3.8, 4) is 0 Å². The van der Waals surface area contributed by atoms with Crippen molar-refractivity contribution in [3.05, 3.63) is 0 Å². The zero-order chi connectivity index (χ0) is 17.0. The second-order valence-corrected chi connectivity index (χ2v) is 7.27. The first-order chi connectivity index (χ1) is 10.7. The number of carbonyl (C=O) groups is 3. The van der Waals surface area contributed by atoms with Crippen LogP contribution in [0.3, 0.4) is 0 Å². The third-order valence-corrected chi connectivity index (χ3v) is 4.06. The lowest BCUT2D eigenvalue weighted by Gasteiger charge is -2.27. The van der Waals surface area contributed by atoms with E-state index in [1.54, 1.807) is 4.90 Å². The zero-order valence-corrected chi connectivity index (χ0v) is 14.2. The van der Waals surface area contributed by atoms with Crippen LogP contribution in [0.15, 0.2) is 0 Å². The molecular weight excluding hydrogens is 298 g/mol. The van der Waals surface area contributed by atoms with Crippen molar-refractivity contribution in [1.29, 1.82) is 0 Å². The Balaban J connectivity index is 1.83. The number of rotatable bonds is 2. The van der Waals surface area contributed by atoms with Gasteiger partial charge in [0.25, 0.3) is 0 Å². The second kappa shape index (κ2) is 7.29. The number of ether oxygens (including phenoxy) is 1. The average Bonchev–Trinajstić information content (AvgIpc) is 2.66. The molecule has 2 aliphatic heterocycles. The molecule has 2 fully saturated rings. The van der Waals surface area contributed by atoms with E-state index in [4.69, 9.17) is 4.74 Å². The standard InChI is InChI=1S/C16H27N3O4/c1-16(2,3)23-15(22)19-9-4-5-11(8-10-19)17-12-6-7-13(20)18-14(12)21/h11-12,17H,4-10H2,1-3H3,(H,18,20,21). The fourth-order valence-electron chi connectivity index (χ4n) is 2.91. The van der Waals surface area contributed by atoms with E-state index in [-0.39, 0.29) is 30.0 Å². The fraction of sp³-hybridized carbons (Fsp3) is 0.812. The van der Waals surface area contributed by atoms with Crippen LogP contribution in [0.5, 0.6) is 0 Å². The van der Waals surface area contributed by atoms with Crippen molar-refractivity contribution in [3.63, 3.8) is 0 Å². The van der Waals surface area contributed by atoms with Crippen molar-refractivity contribution in [2.75, 3.05) is 13.1 Å². The molecule has 0 aromatic heterocycles. The van der Waals surface area contributed by atoms with Gasteiger partial charge in [-0.25, -0.2) is 4.79 Å².